The van der Waals surface area contributed by atoms with E-state index in [1.54, 1.807) is 0 Å². The minimum Gasteiger partial charge on any atom is -0.389 e. The first kappa shape index (κ1) is 12.9. The van der Waals surface area contributed by atoms with Crippen molar-refractivity contribution < 1.29 is 18.3 Å². The van der Waals surface area contributed by atoms with Gasteiger partial charge in [-0.05, 0) is 19.3 Å². The van der Waals surface area contributed by atoms with Crippen LogP contribution in [0.4, 0.5) is 0 Å². The lowest BCUT2D eigenvalue weighted by atomic mass is 9.81. The molecule has 0 bridgehead atoms. The molecular weight excluding hydrogens is 220 g/mol. The predicted octanol–water partition coefficient (Wildman–Crippen LogP) is -1.03. The highest BCUT2D eigenvalue weighted by atomic mass is 32.2. The van der Waals surface area contributed by atoms with Crippen LogP contribution in [-0.4, -0.2) is 45.9 Å². The second-order valence-electron chi connectivity index (χ2n) is 3.79. The van der Waals surface area contributed by atoms with Crippen molar-refractivity contribution in [2.45, 2.75) is 24.9 Å². The molecule has 7 heteroatoms. The van der Waals surface area contributed by atoms with Crippen molar-refractivity contribution in [3.05, 3.63) is 0 Å². The van der Waals surface area contributed by atoms with Gasteiger partial charge in [0.1, 0.15) is 0 Å². The maximum Gasteiger partial charge on any atom is 0.277 e. The predicted molar refractivity (Wildman–Crippen MR) is 55.6 cm³/mol. The smallest absolute Gasteiger partial charge is 0.277 e. The molecule has 1 aliphatic carbocycles. The minimum atomic E-state index is -3.50. The molecule has 0 spiro atoms. The summed E-state index contributed by atoms with van der Waals surface area (Å²) in [5.41, 5.74) is -0.837. The van der Waals surface area contributed by atoms with Crippen molar-refractivity contribution in [3.8, 4) is 0 Å². The Morgan fingerprint density at radius 3 is 2.53 bits per heavy atom. The van der Waals surface area contributed by atoms with E-state index in [0.717, 1.165) is 6.42 Å². The van der Waals surface area contributed by atoms with Gasteiger partial charge < -0.3 is 9.84 Å². The van der Waals surface area contributed by atoms with Gasteiger partial charge in [-0.25, -0.2) is 0 Å². The Labute approximate surface area is 90.2 Å². The Morgan fingerprint density at radius 2 is 2.07 bits per heavy atom. The van der Waals surface area contributed by atoms with Crippen LogP contribution in [0.1, 0.15) is 19.3 Å². The molecule has 0 aromatic heterocycles. The molecule has 3 N–H and O–H groups in total. The number of methoxy groups -OCH3 is 1. The molecule has 0 aromatic rings. The largest absolute Gasteiger partial charge is 0.389 e. The Morgan fingerprint density at radius 1 is 1.40 bits per heavy atom. The molecule has 0 heterocycles. The molecule has 90 valence electrons. The van der Waals surface area contributed by atoms with Gasteiger partial charge in [0.15, 0.2) is 0 Å². The molecule has 0 atom stereocenters. The average Bonchev–Trinajstić information content (AvgIpc) is 2.12. The summed E-state index contributed by atoms with van der Waals surface area (Å²) in [6.45, 7) is 0.630. The zero-order valence-corrected chi connectivity index (χ0v) is 9.64. The fourth-order valence-corrected chi connectivity index (χ4v) is 2.23. The normalized spacial score (nSPS) is 19.9. The molecule has 6 nitrogen and oxygen atoms in total. The summed E-state index contributed by atoms with van der Waals surface area (Å²) < 4.78 is 31.9. The number of nitrogens with one attached hydrogen (secondary N) is 2. The first-order valence-corrected chi connectivity index (χ1v) is 6.41. The van der Waals surface area contributed by atoms with Gasteiger partial charge in [0.25, 0.3) is 10.2 Å². The zero-order valence-electron chi connectivity index (χ0n) is 8.82. The van der Waals surface area contributed by atoms with Gasteiger partial charge in [-0.3, -0.25) is 0 Å². The van der Waals surface area contributed by atoms with E-state index in [-0.39, 0.29) is 13.1 Å². The first-order valence-electron chi connectivity index (χ1n) is 4.93. The quantitative estimate of drug-likeness (QED) is 0.495. The van der Waals surface area contributed by atoms with E-state index in [9.17, 15) is 13.5 Å². The summed E-state index contributed by atoms with van der Waals surface area (Å²) in [7, 11) is -2.00. The number of hydrogen-bond acceptors (Lipinski definition) is 4. The second-order valence-corrected chi connectivity index (χ2v) is 5.37. The zero-order chi connectivity index (χ0) is 11.4. The third-order valence-electron chi connectivity index (χ3n) is 2.47. The van der Waals surface area contributed by atoms with E-state index in [0.29, 0.717) is 19.4 Å². The Hall–Kier alpha value is -0.210. The van der Waals surface area contributed by atoms with Gasteiger partial charge in [0.2, 0.25) is 0 Å². The lowest BCUT2D eigenvalue weighted by Gasteiger charge is -2.36. The summed E-state index contributed by atoms with van der Waals surface area (Å²) in [5.74, 6) is 0. The van der Waals surface area contributed by atoms with Crippen LogP contribution in [0.25, 0.3) is 0 Å². The third kappa shape index (κ3) is 4.43. The summed E-state index contributed by atoms with van der Waals surface area (Å²) in [6.07, 6.45) is 2.27. The van der Waals surface area contributed by atoms with Crippen molar-refractivity contribution in [2.24, 2.45) is 0 Å². The average molecular weight is 238 g/mol. The molecule has 1 aliphatic rings. The molecule has 15 heavy (non-hydrogen) atoms. The summed E-state index contributed by atoms with van der Waals surface area (Å²) in [4.78, 5) is 0. The Kier molecular flexibility index (Phi) is 4.47. The maximum atomic E-state index is 11.3. The highest BCUT2D eigenvalue weighted by Gasteiger charge is 2.35. The SMILES string of the molecule is COCCNS(=O)(=O)NCC1(O)CCC1. The number of hydrogen-bond donors (Lipinski definition) is 3. The van der Waals surface area contributed by atoms with Gasteiger partial charge in [0, 0.05) is 20.2 Å². The topological polar surface area (TPSA) is 87.7 Å². The van der Waals surface area contributed by atoms with Crippen molar-refractivity contribution in [3.63, 3.8) is 0 Å². The molecule has 1 fully saturated rings. The van der Waals surface area contributed by atoms with Gasteiger partial charge in [0.05, 0.1) is 12.2 Å². The molecule has 0 aromatic carbocycles. The van der Waals surface area contributed by atoms with Crippen molar-refractivity contribution in [1.29, 1.82) is 0 Å². The van der Waals surface area contributed by atoms with Gasteiger partial charge in [-0.1, -0.05) is 0 Å². The highest BCUT2D eigenvalue weighted by molar-refractivity contribution is 7.87. The number of rotatable bonds is 7. The fraction of sp³-hybridized carbons (Fsp3) is 1.00. The van der Waals surface area contributed by atoms with Gasteiger partial charge in [-0.2, -0.15) is 17.9 Å². The van der Waals surface area contributed by atoms with Gasteiger partial charge >= 0.3 is 0 Å². The molecular formula is C8H18N2O4S. The standard InChI is InChI=1S/C8H18N2O4S/c1-14-6-5-9-15(12,13)10-7-8(11)3-2-4-8/h9-11H,2-7H2,1H3. The molecule has 1 saturated carbocycles. The molecule has 0 unspecified atom stereocenters. The van der Waals surface area contributed by atoms with Crippen LogP contribution in [0.3, 0.4) is 0 Å². The van der Waals surface area contributed by atoms with Crippen molar-refractivity contribution in [2.75, 3.05) is 26.8 Å². The van der Waals surface area contributed by atoms with Crippen LogP contribution in [0.2, 0.25) is 0 Å². The number of aliphatic hydroxyl groups is 1. The van der Waals surface area contributed by atoms with E-state index in [1.165, 1.54) is 7.11 Å². The Balaban J connectivity index is 2.23. The van der Waals surface area contributed by atoms with E-state index >= 15 is 0 Å². The summed E-state index contributed by atoms with van der Waals surface area (Å²) >= 11 is 0. The van der Waals surface area contributed by atoms with Crippen LogP contribution in [0, 0.1) is 0 Å². The molecule has 0 radical (unpaired) electrons. The molecule has 1 rings (SSSR count). The monoisotopic (exact) mass is 238 g/mol. The van der Waals surface area contributed by atoms with Crippen LogP contribution < -0.4 is 9.44 Å². The van der Waals surface area contributed by atoms with Crippen LogP contribution >= 0.6 is 0 Å². The van der Waals surface area contributed by atoms with Crippen LogP contribution in [-0.2, 0) is 14.9 Å². The highest BCUT2D eigenvalue weighted by Crippen LogP contribution is 2.30. The summed E-state index contributed by atoms with van der Waals surface area (Å²) in [5, 5.41) is 9.67. The van der Waals surface area contributed by atoms with E-state index in [2.05, 4.69) is 9.44 Å². The van der Waals surface area contributed by atoms with E-state index in [1.807, 2.05) is 0 Å². The first-order chi connectivity index (χ1) is 6.97. The molecule has 0 aliphatic heterocycles. The van der Waals surface area contributed by atoms with E-state index in [4.69, 9.17) is 4.74 Å². The second kappa shape index (κ2) is 5.22. The summed E-state index contributed by atoms with van der Waals surface area (Å²) in [6, 6.07) is 0. The molecule has 0 amide bonds. The third-order valence-corrected chi connectivity index (χ3v) is 3.58. The van der Waals surface area contributed by atoms with E-state index < -0.39 is 15.8 Å². The molecule has 0 saturated heterocycles. The van der Waals surface area contributed by atoms with Crippen molar-refractivity contribution >= 4 is 10.2 Å². The lowest BCUT2D eigenvalue weighted by molar-refractivity contribution is -0.0271. The maximum absolute atomic E-state index is 11.3. The Bertz CT molecular complexity index is 287. The fourth-order valence-electron chi connectivity index (χ4n) is 1.32. The lowest BCUT2D eigenvalue weighted by Crippen LogP contribution is -2.50. The minimum absolute atomic E-state index is 0.0787. The van der Waals surface area contributed by atoms with Crippen LogP contribution in [0.5, 0.6) is 0 Å². The van der Waals surface area contributed by atoms with Gasteiger partial charge in [-0.15, -0.1) is 0 Å². The number of ether oxygens (including phenoxy) is 1. The van der Waals surface area contributed by atoms with Crippen molar-refractivity contribution in [1.82, 2.24) is 9.44 Å². The van der Waals surface area contributed by atoms with Crippen LogP contribution in [0.15, 0.2) is 0 Å².